The van der Waals surface area contributed by atoms with E-state index in [9.17, 15) is 4.79 Å². The van der Waals surface area contributed by atoms with E-state index in [-0.39, 0.29) is 5.41 Å². The van der Waals surface area contributed by atoms with E-state index in [2.05, 4.69) is 15.9 Å². The molecular weight excluding hydrogens is 268 g/mol. The average molecular weight is 283 g/mol. The molecule has 1 aromatic carbocycles. The highest BCUT2D eigenvalue weighted by molar-refractivity contribution is 9.10. The number of ketones is 1. The van der Waals surface area contributed by atoms with Crippen molar-refractivity contribution >= 4 is 21.7 Å². The number of carbonyl (C=O) groups is 1. The molecule has 3 heteroatoms. The average Bonchev–Trinajstić information content (AvgIpc) is 2.98. The maximum Gasteiger partial charge on any atom is 0.143 e. The highest BCUT2D eigenvalue weighted by Crippen LogP contribution is 2.46. The monoisotopic (exact) mass is 282 g/mol. The van der Waals surface area contributed by atoms with E-state index in [0.717, 1.165) is 28.6 Å². The second kappa shape index (κ2) is 4.21. The molecule has 0 spiro atoms. The molecule has 0 unspecified atom stereocenters. The Hall–Kier alpha value is -0.830. The third kappa shape index (κ3) is 2.29. The summed E-state index contributed by atoms with van der Waals surface area (Å²) in [6.07, 6.45) is 2.62. The summed E-state index contributed by atoms with van der Waals surface area (Å²) < 4.78 is 6.06. The minimum Gasteiger partial charge on any atom is -0.496 e. The Bertz CT molecular complexity index is 422. The fraction of sp³-hybridized carbons (Fsp3) is 0.462. The molecule has 0 aromatic heterocycles. The lowest BCUT2D eigenvalue weighted by molar-refractivity contribution is -0.122. The molecule has 0 radical (unpaired) electrons. The van der Waals surface area contributed by atoms with E-state index in [4.69, 9.17) is 4.74 Å². The van der Waals surface area contributed by atoms with Crippen LogP contribution < -0.4 is 4.74 Å². The first-order valence-corrected chi connectivity index (χ1v) is 6.20. The van der Waals surface area contributed by atoms with Gasteiger partial charge in [-0.1, -0.05) is 13.0 Å². The van der Waals surface area contributed by atoms with E-state index in [0.29, 0.717) is 12.2 Å². The van der Waals surface area contributed by atoms with Crippen LogP contribution in [0.1, 0.15) is 25.3 Å². The fourth-order valence-corrected chi connectivity index (χ4v) is 2.27. The van der Waals surface area contributed by atoms with Crippen LogP contribution in [0.4, 0.5) is 0 Å². The molecule has 0 saturated heterocycles. The molecule has 2 nitrogen and oxygen atoms in total. The highest BCUT2D eigenvalue weighted by atomic mass is 79.9. The SMILES string of the molecule is COc1ccc(CC(=O)C2(C)CC2)cc1Br. The van der Waals surface area contributed by atoms with Crippen LogP contribution >= 0.6 is 15.9 Å². The highest BCUT2D eigenvalue weighted by Gasteiger charge is 2.43. The van der Waals surface area contributed by atoms with Crippen LogP contribution in [0, 0.1) is 5.41 Å². The van der Waals surface area contributed by atoms with E-state index >= 15 is 0 Å². The molecule has 1 aliphatic carbocycles. The van der Waals surface area contributed by atoms with Crippen molar-refractivity contribution in [1.82, 2.24) is 0 Å². The van der Waals surface area contributed by atoms with Gasteiger partial charge in [-0.15, -0.1) is 0 Å². The Morgan fingerprint density at radius 2 is 2.19 bits per heavy atom. The number of rotatable bonds is 4. The van der Waals surface area contributed by atoms with Crippen molar-refractivity contribution in [2.75, 3.05) is 7.11 Å². The van der Waals surface area contributed by atoms with Crippen LogP contribution in [0.25, 0.3) is 0 Å². The van der Waals surface area contributed by atoms with Crippen LogP contribution in [0.15, 0.2) is 22.7 Å². The number of halogens is 1. The smallest absolute Gasteiger partial charge is 0.143 e. The Kier molecular flexibility index (Phi) is 3.06. The quantitative estimate of drug-likeness (QED) is 0.846. The number of carbonyl (C=O) groups excluding carboxylic acids is 1. The summed E-state index contributed by atoms with van der Waals surface area (Å²) in [5.74, 6) is 1.15. The second-order valence-corrected chi connectivity index (χ2v) is 5.48. The molecule has 0 heterocycles. The fourth-order valence-electron chi connectivity index (χ4n) is 1.68. The van der Waals surface area contributed by atoms with Gasteiger partial charge in [0.05, 0.1) is 11.6 Å². The van der Waals surface area contributed by atoms with E-state index in [1.54, 1.807) is 7.11 Å². The molecular formula is C13H15BrO2. The standard InChI is InChI=1S/C13H15BrO2/c1-13(5-6-13)12(15)8-9-3-4-11(16-2)10(14)7-9/h3-4,7H,5-6,8H2,1-2H3. The predicted molar refractivity (Wildman–Crippen MR) is 66.7 cm³/mol. The number of ether oxygens (including phenoxy) is 1. The van der Waals surface area contributed by atoms with Gasteiger partial charge in [-0.3, -0.25) is 4.79 Å². The maximum atomic E-state index is 11.9. The van der Waals surface area contributed by atoms with Gasteiger partial charge in [-0.2, -0.15) is 0 Å². The van der Waals surface area contributed by atoms with Crippen molar-refractivity contribution < 1.29 is 9.53 Å². The molecule has 1 aromatic rings. The van der Waals surface area contributed by atoms with Crippen LogP contribution in [-0.4, -0.2) is 12.9 Å². The lowest BCUT2D eigenvalue weighted by Gasteiger charge is -2.09. The number of methoxy groups -OCH3 is 1. The summed E-state index contributed by atoms with van der Waals surface area (Å²) in [6, 6.07) is 5.80. The zero-order valence-electron chi connectivity index (χ0n) is 9.55. The Morgan fingerprint density at radius 1 is 1.50 bits per heavy atom. The van der Waals surface area contributed by atoms with Crippen LogP contribution in [-0.2, 0) is 11.2 Å². The third-order valence-corrected chi connectivity index (χ3v) is 3.87. The molecule has 0 atom stereocenters. The van der Waals surface area contributed by atoms with E-state index in [1.807, 2.05) is 25.1 Å². The first-order valence-electron chi connectivity index (χ1n) is 5.41. The Labute approximate surface area is 104 Å². The van der Waals surface area contributed by atoms with Gasteiger partial charge in [-0.25, -0.2) is 0 Å². The zero-order chi connectivity index (χ0) is 11.8. The van der Waals surface area contributed by atoms with Gasteiger partial charge >= 0.3 is 0 Å². The molecule has 1 fully saturated rings. The van der Waals surface area contributed by atoms with Crippen molar-refractivity contribution in [3.05, 3.63) is 28.2 Å². The maximum absolute atomic E-state index is 11.9. The minimum atomic E-state index is -0.0353. The van der Waals surface area contributed by atoms with Crippen LogP contribution in [0.5, 0.6) is 5.75 Å². The van der Waals surface area contributed by atoms with E-state index < -0.39 is 0 Å². The summed E-state index contributed by atoms with van der Waals surface area (Å²) >= 11 is 3.43. The van der Waals surface area contributed by atoms with Crippen molar-refractivity contribution in [2.24, 2.45) is 5.41 Å². The number of benzene rings is 1. The van der Waals surface area contributed by atoms with Crippen LogP contribution in [0.3, 0.4) is 0 Å². The summed E-state index contributed by atoms with van der Waals surface area (Å²) in [5.41, 5.74) is 1.01. The summed E-state index contributed by atoms with van der Waals surface area (Å²) in [7, 11) is 1.64. The molecule has 2 rings (SSSR count). The van der Waals surface area contributed by atoms with Crippen molar-refractivity contribution in [3.8, 4) is 5.75 Å². The first-order chi connectivity index (χ1) is 7.55. The minimum absolute atomic E-state index is 0.0353. The van der Waals surface area contributed by atoms with Gasteiger partial charge in [0.2, 0.25) is 0 Å². The largest absolute Gasteiger partial charge is 0.496 e. The number of Topliss-reactive ketones (excluding diaryl/α,β-unsaturated/α-hetero) is 1. The molecule has 86 valence electrons. The van der Waals surface area contributed by atoms with Gasteiger partial charge in [0.1, 0.15) is 11.5 Å². The van der Waals surface area contributed by atoms with E-state index in [1.165, 1.54) is 0 Å². The lowest BCUT2D eigenvalue weighted by atomic mass is 9.97. The third-order valence-electron chi connectivity index (χ3n) is 3.25. The van der Waals surface area contributed by atoms with Gasteiger partial charge in [0, 0.05) is 11.8 Å². The molecule has 0 N–H and O–H groups in total. The topological polar surface area (TPSA) is 26.3 Å². The molecule has 0 amide bonds. The first kappa shape index (κ1) is 11.6. The Balaban J connectivity index is 2.10. The van der Waals surface area contributed by atoms with Crippen LogP contribution in [0.2, 0.25) is 0 Å². The van der Waals surface area contributed by atoms with Crippen molar-refractivity contribution in [1.29, 1.82) is 0 Å². The second-order valence-electron chi connectivity index (χ2n) is 4.63. The van der Waals surface area contributed by atoms with Crippen molar-refractivity contribution in [3.63, 3.8) is 0 Å². The molecule has 0 bridgehead atoms. The molecule has 1 saturated carbocycles. The molecule has 0 aliphatic heterocycles. The summed E-state index contributed by atoms with van der Waals surface area (Å²) in [4.78, 5) is 11.9. The van der Waals surface area contributed by atoms with Gasteiger partial charge in [0.25, 0.3) is 0 Å². The lowest BCUT2D eigenvalue weighted by Crippen LogP contribution is -2.14. The predicted octanol–water partition coefficient (Wildman–Crippen LogP) is 3.37. The zero-order valence-corrected chi connectivity index (χ0v) is 11.1. The van der Waals surface area contributed by atoms with Gasteiger partial charge in [-0.05, 0) is 46.5 Å². The van der Waals surface area contributed by atoms with Gasteiger partial charge in [0.15, 0.2) is 0 Å². The number of hydrogen-bond donors (Lipinski definition) is 0. The molecule has 16 heavy (non-hydrogen) atoms. The summed E-state index contributed by atoms with van der Waals surface area (Å²) in [5, 5.41) is 0. The molecule has 1 aliphatic rings. The Morgan fingerprint density at radius 3 is 2.69 bits per heavy atom. The van der Waals surface area contributed by atoms with Gasteiger partial charge < -0.3 is 4.74 Å². The number of hydrogen-bond acceptors (Lipinski definition) is 2. The normalized spacial score (nSPS) is 16.9. The summed E-state index contributed by atoms with van der Waals surface area (Å²) in [6.45, 7) is 2.05. The van der Waals surface area contributed by atoms with Crippen molar-refractivity contribution in [2.45, 2.75) is 26.2 Å².